The molecule has 1 N–H and O–H groups in total. The molecule has 1 aromatic rings. The van der Waals surface area contributed by atoms with E-state index in [4.69, 9.17) is 0 Å². The van der Waals surface area contributed by atoms with Crippen LogP contribution in [-0.2, 0) is 25.7 Å². The summed E-state index contributed by atoms with van der Waals surface area (Å²) in [7, 11) is -3.00. The van der Waals surface area contributed by atoms with Gasteiger partial charge in [0.15, 0.2) is 0 Å². The molecule has 0 heterocycles. The van der Waals surface area contributed by atoms with Crippen molar-refractivity contribution in [2.24, 2.45) is 5.92 Å². The van der Waals surface area contributed by atoms with Crippen molar-refractivity contribution in [2.45, 2.75) is 24.8 Å². The van der Waals surface area contributed by atoms with Gasteiger partial charge in [-0.15, -0.1) is 0 Å². The summed E-state index contributed by atoms with van der Waals surface area (Å²) in [5.74, 6) is -1.08. The van der Waals surface area contributed by atoms with Gasteiger partial charge in [0.2, 0.25) is 10.0 Å². The minimum Gasteiger partial charge on any atom is -0.468 e. The molecule has 0 aliphatic heterocycles. The normalized spacial score (nSPS) is 13.4. The van der Waals surface area contributed by atoms with Crippen LogP contribution < -0.4 is 4.72 Å². The first-order valence-electron chi connectivity index (χ1n) is 5.95. The largest absolute Gasteiger partial charge is 0.468 e. The molecular weight excluding hydrogens is 413 g/mol. The summed E-state index contributed by atoms with van der Waals surface area (Å²) in [5.41, 5.74) is 0. The van der Waals surface area contributed by atoms with Gasteiger partial charge in [-0.25, -0.2) is 14.6 Å². The van der Waals surface area contributed by atoms with Crippen LogP contribution in [0.15, 0.2) is 29.2 Å². The first-order chi connectivity index (χ1) is 9.70. The minimum atomic E-state index is -4.15. The molecule has 118 valence electrons. The van der Waals surface area contributed by atoms with Crippen molar-refractivity contribution in [2.75, 3.05) is 7.11 Å². The molecule has 9 heteroatoms. The number of carbonyl (C=O) groups is 1. The average molecular weight is 429 g/mol. The molecule has 0 spiro atoms. The Balaban J connectivity index is 3.26. The predicted octanol–water partition coefficient (Wildman–Crippen LogP) is 1.53. The van der Waals surface area contributed by atoms with Gasteiger partial charge in [0.1, 0.15) is 10.9 Å². The fourth-order valence-corrected chi connectivity index (χ4v) is 5.42. The highest BCUT2D eigenvalue weighted by Gasteiger charge is 2.30. The van der Waals surface area contributed by atoms with E-state index < -0.39 is 41.8 Å². The van der Waals surface area contributed by atoms with Crippen LogP contribution in [0.25, 0.3) is 0 Å². The zero-order valence-corrected chi connectivity index (χ0v) is 14.7. The van der Waals surface area contributed by atoms with Crippen molar-refractivity contribution < 1.29 is 24.1 Å². The van der Waals surface area contributed by atoms with Crippen LogP contribution in [0.1, 0.15) is 13.8 Å². The number of ether oxygens (including phenoxy) is 1. The molecule has 0 aliphatic rings. The maximum Gasteiger partial charge on any atom is 0.342 e. The quantitative estimate of drug-likeness (QED) is 0.543. The van der Waals surface area contributed by atoms with Crippen molar-refractivity contribution in [3.05, 3.63) is 27.8 Å². The first-order valence-corrected chi connectivity index (χ1v) is 10.3. The third-order valence-electron chi connectivity index (χ3n) is 2.70. The van der Waals surface area contributed by atoms with Gasteiger partial charge in [-0.05, 0) is 18.1 Å². The molecule has 0 radical (unpaired) electrons. The molecule has 0 bridgehead atoms. The molecule has 1 unspecified atom stereocenters. The standard InChI is InChI=1S/C12H16INO6S/c1-8(2)11(12(15)20-3)14-21(18,19)10-7-5-4-6-9(10)13(16)17/h4-8,11,14H,1-3H3. The van der Waals surface area contributed by atoms with Gasteiger partial charge >= 0.3 is 25.8 Å². The minimum absolute atomic E-state index is 0.235. The Morgan fingerprint density at radius 1 is 1.24 bits per heavy atom. The van der Waals surface area contributed by atoms with Crippen LogP contribution in [0.3, 0.4) is 0 Å². The zero-order valence-electron chi connectivity index (χ0n) is 11.7. The van der Waals surface area contributed by atoms with Crippen LogP contribution >= 0.6 is 19.8 Å². The molecule has 0 amide bonds. The highest BCUT2D eigenvalue weighted by atomic mass is 127. The predicted molar refractivity (Wildman–Crippen MR) is 81.5 cm³/mol. The zero-order chi connectivity index (χ0) is 16.2. The topological polar surface area (TPSA) is 107 Å². The lowest BCUT2D eigenvalue weighted by molar-refractivity contribution is -0.143. The number of benzene rings is 1. The van der Waals surface area contributed by atoms with E-state index in [-0.39, 0.29) is 14.4 Å². The molecule has 1 rings (SSSR count). The summed E-state index contributed by atoms with van der Waals surface area (Å²) >= 11 is -3.98. The number of hydrogen-bond donors (Lipinski definition) is 1. The summed E-state index contributed by atoms with van der Waals surface area (Å²) in [6.07, 6.45) is 0. The summed E-state index contributed by atoms with van der Waals surface area (Å²) in [6, 6.07) is 4.18. The van der Waals surface area contributed by atoms with E-state index in [0.717, 1.165) is 7.11 Å². The van der Waals surface area contributed by atoms with Gasteiger partial charge < -0.3 is 4.74 Å². The number of rotatable bonds is 6. The van der Waals surface area contributed by atoms with E-state index >= 15 is 0 Å². The fourth-order valence-electron chi connectivity index (χ4n) is 1.60. The Bertz CT molecular complexity index is 687. The Labute approximate surface area is 130 Å². The Hall–Kier alpha value is -1.07. The number of nitrogens with one attached hydrogen (secondary N) is 1. The van der Waals surface area contributed by atoms with Crippen molar-refractivity contribution in [1.29, 1.82) is 0 Å². The van der Waals surface area contributed by atoms with Crippen LogP contribution in [0.4, 0.5) is 0 Å². The number of halogens is 1. The van der Waals surface area contributed by atoms with Crippen molar-refractivity contribution in [3.8, 4) is 0 Å². The molecule has 0 saturated carbocycles. The fraction of sp³-hybridized carbons (Fsp3) is 0.417. The van der Waals surface area contributed by atoms with E-state index in [1.54, 1.807) is 13.8 Å². The molecule has 1 atom stereocenters. The summed E-state index contributed by atoms with van der Waals surface area (Å²) < 4.78 is 53.6. The molecular formula is C12H16INO6S. The molecule has 0 saturated heterocycles. The second-order valence-electron chi connectivity index (χ2n) is 4.51. The van der Waals surface area contributed by atoms with Crippen molar-refractivity contribution in [3.63, 3.8) is 0 Å². The van der Waals surface area contributed by atoms with Gasteiger partial charge in [-0.2, -0.15) is 4.72 Å². The lowest BCUT2D eigenvalue weighted by Crippen LogP contribution is -2.45. The maximum absolute atomic E-state index is 12.3. The highest BCUT2D eigenvalue weighted by Crippen LogP contribution is 2.25. The lowest BCUT2D eigenvalue weighted by Gasteiger charge is -2.20. The second-order valence-corrected chi connectivity index (χ2v) is 8.60. The summed E-state index contributed by atoms with van der Waals surface area (Å²) in [4.78, 5) is 11.3. The maximum atomic E-state index is 12.3. The average Bonchev–Trinajstić information content (AvgIpc) is 2.43. The van der Waals surface area contributed by atoms with E-state index in [1.807, 2.05) is 0 Å². The third-order valence-corrected chi connectivity index (χ3v) is 6.45. The number of methoxy groups -OCH3 is 1. The molecule has 1 aromatic carbocycles. The summed E-state index contributed by atoms with van der Waals surface area (Å²) in [6.45, 7) is 3.30. The van der Waals surface area contributed by atoms with E-state index in [1.165, 1.54) is 24.3 Å². The number of carbonyl (C=O) groups excluding carboxylic acids is 1. The number of sulfonamides is 1. The van der Waals surface area contributed by atoms with Gasteiger partial charge in [-0.1, -0.05) is 26.0 Å². The summed E-state index contributed by atoms with van der Waals surface area (Å²) in [5, 5.41) is 0. The molecule has 7 nitrogen and oxygen atoms in total. The van der Waals surface area contributed by atoms with Gasteiger partial charge in [0.05, 0.1) is 10.7 Å². The third kappa shape index (κ3) is 4.45. The van der Waals surface area contributed by atoms with Crippen molar-refractivity contribution >= 4 is 35.8 Å². The van der Waals surface area contributed by atoms with Gasteiger partial charge in [-0.3, -0.25) is 4.79 Å². The van der Waals surface area contributed by atoms with Gasteiger partial charge in [0, 0.05) is 0 Å². The Morgan fingerprint density at radius 3 is 2.29 bits per heavy atom. The highest BCUT2D eigenvalue weighted by molar-refractivity contribution is 14.2. The van der Waals surface area contributed by atoms with Gasteiger partial charge in [0.25, 0.3) is 0 Å². The van der Waals surface area contributed by atoms with Crippen LogP contribution in [0.2, 0.25) is 0 Å². The van der Waals surface area contributed by atoms with Crippen LogP contribution in [0, 0.1) is 9.49 Å². The molecule has 0 fully saturated rings. The number of hydrogen-bond acceptors (Lipinski definition) is 6. The smallest absolute Gasteiger partial charge is 0.342 e. The van der Waals surface area contributed by atoms with Crippen LogP contribution in [0.5, 0.6) is 0 Å². The van der Waals surface area contributed by atoms with E-state index in [0.29, 0.717) is 0 Å². The van der Waals surface area contributed by atoms with E-state index in [2.05, 4.69) is 9.46 Å². The SMILES string of the molecule is COC(=O)C(NS(=O)(=O)c1ccccc1I(=O)=O)C(C)C. The molecule has 21 heavy (non-hydrogen) atoms. The van der Waals surface area contributed by atoms with Crippen molar-refractivity contribution in [1.82, 2.24) is 4.72 Å². The van der Waals surface area contributed by atoms with Crippen LogP contribution in [-0.4, -0.2) is 27.5 Å². The Morgan fingerprint density at radius 2 is 1.81 bits per heavy atom. The molecule has 0 aliphatic carbocycles. The second kappa shape index (κ2) is 7.27. The Kier molecular flexibility index (Phi) is 6.23. The number of esters is 1. The molecule has 0 aromatic heterocycles. The monoisotopic (exact) mass is 429 g/mol. The first kappa shape index (κ1) is 18.0. The lowest BCUT2D eigenvalue weighted by atomic mass is 10.1. The van der Waals surface area contributed by atoms with E-state index in [9.17, 15) is 19.4 Å².